The summed E-state index contributed by atoms with van der Waals surface area (Å²) in [4.78, 5) is 12.9. The van der Waals surface area contributed by atoms with Crippen molar-refractivity contribution in [2.24, 2.45) is 0 Å². The van der Waals surface area contributed by atoms with Crippen LogP contribution in [0.2, 0.25) is 0 Å². The van der Waals surface area contributed by atoms with Gasteiger partial charge in [0.1, 0.15) is 5.82 Å². The molecule has 2 aromatic rings. The number of rotatable bonds is 4. The predicted molar refractivity (Wildman–Crippen MR) is 76.9 cm³/mol. The van der Waals surface area contributed by atoms with Gasteiger partial charge in [-0.1, -0.05) is 24.3 Å². The quantitative estimate of drug-likeness (QED) is 0.921. The zero-order chi connectivity index (χ0) is 17.3. The number of carboxylic acids is 1. The summed E-state index contributed by atoms with van der Waals surface area (Å²) < 4.78 is 39.6. The molecule has 0 saturated heterocycles. The van der Waals surface area contributed by atoms with Gasteiger partial charge in [0.2, 0.25) is 5.82 Å². The smallest absolute Gasteiger partial charge is 0.451 e. The lowest BCUT2D eigenvalue weighted by molar-refractivity contribution is -0.148. The fraction of sp³-hybridized carbons (Fsp3) is 0.400. The van der Waals surface area contributed by atoms with E-state index in [1.165, 1.54) is 0 Å². The van der Waals surface area contributed by atoms with Crippen LogP contribution >= 0.6 is 0 Å². The summed E-state index contributed by atoms with van der Waals surface area (Å²) in [6.45, 7) is 1.26. The summed E-state index contributed by atoms with van der Waals surface area (Å²) in [5, 5.41) is 15.9. The predicted octanol–water partition coefficient (Wildman–Crippen LogP) is 1.94. The van der Waals surface area contributed by atoms with Crippen molar-refractivity contribution in [1.82, 2.24) is 19.7 Å². The van der Waals surface area contributed by atoms with Crippen molar-refractivity contribution in [2.45, 2.75) is 32.2 Å². The fourth-order valence-corrected chi connectivity index (χ4v) is 2.84. The molecule has 1 aromatic carbocycles. The lowest BCUT2D eigenvalue weighted by Gasteiger charge is -2.28. The molecule has 24 heavy (non-hydrogen) atoms. The molecular weight excluding hydrogens is 325 g/mol. The summed E-state index contributed by atoms with van der Waals surface area (Å²) in [5.41, 5.74) is 1.55. The molecule has 1 aliphatic rings. The first-order valence-electron chi connectivity index (χ1n) is 7.35. The van der Waals surface area contributed by atoms with Gasteiger partial charge in [0, 0.05) is 19.6 Å². The molecule has 0 atom stereocenters. The van der Waals surface area contributed by atoms with Gasteiger partial charge in [-0.25, -0.2) is 0 Å². The highest BCUT2D eigenvalue weighted by molar-refractivity contribution is 5.70. The Balaban J connectivity index is 1.76. The molecule has 2 heterocycles. The van der Waals surface area contributed by atoms with Crippen molar-refractivity contribution in [1.29, 1.82) is 0 Å². The molecule has 0 amide bonds. The number of aliphatic carboxylic acids is 1. The van der Waals surface area contributed by atoms with Gasteiger partial charge in [-0.3, -0.25) is 9.69 Å². The normalized spacial score (nSPS) is 15.3. The molecular formula is C15H15F3N4O2. The summed E-state index contributed by atoms with van der Waals surface area (Å²) in [5.74, 6) is -1.62. The molecule has 128 valence electrons. The highest BCUT2D eigenvalue weighted by Gasteiger charge is 2.39. The second kappa shape index (κ2) is 6.23. The number of hydrogen-bond acceptors (Lipinski definition) is 4. The minimum absolute atomic E-state index is 0.0849. The maximum atomic E-state index is 12.8. The molecule has 0 radical (unpaired) electrons. The van der Waals surface area contributed by atoms with Crippen molar-refractivity contribution in [3.8, 4) is 0 Å². The maximum absolute atomic E-state index is 12.8. The Kier molecular flexibility index (Phi) is 4.27. The fourth-order valence-electron chi connectivity index (χ4n) is 2.84. The number of fused-ring (bicyclic) bond motifs is 1. The highest BCUT2D eigenvalue weighted by Crippen LogP contribution is 2.29. The molecule has 0 fully saturated rings. The van der Waals surface area contributed by atoms with Crippen LogP contribution in [0.4, 0.5) is 13.2 Å². The number of carbonyl (C=O) groups is 1. The Bertz CT molecular complexity index is 757. The van der Waals surface area contributed by atoms with E-state index < -0.39 is 18.0 Å². The molecule has 0 unspecified atom stereocenters. The molecule has 0 aliphatic carbocycles. The lowest BCUT2D eigenvalue weighted by atomic mass is 10.0. The topological polar surface area (TPSA) is 71.2 Å². The molecule has 6 nitrogen and oxygen atoms in total. The number of hydrogen-bond donors (Lipinski definition) is 1. The minimum atomic E-state index is -4.51. The molecule has 1 aromatic heterocycles. The highest BCUT2D eigenvalue weighted by atomic mass is 19.4. The number of halogens is 3. The van der Waals surface area contributed by atoms with Crippen molar-refractivity contribution in [2.75, 3.05) is 6.54 Å². The SMILES string of the molecule is O=C(O)Cc1ccccc1CN1CCn2c(nnc2C(F)(F)F)C1. The minimum Gasteiger partial charge on any atom is -0.481 e. The number of nitrogens with zero attached hydrogens (tertiary/aromatic N) is 4. The average Bonchev–Trinajstić information content (AvgIpc) is 2.92. The molecule has 0 saturated carbocycles. The van der Waals surface area contributed by atoms with E-state index in [0.717, 1.165) is 10.1 Å². The second-order valence-corrected chi connectivity index (χ2v) is 5.64. The van der Waals surface area contributed by atoms with Crippen LogP contribution in [0.15, 0.2) is 24.3 Å². The monoisotopic (exact) mass is 340 g/mol. The molecule has 0 spiro atoms. The van der Waals surface area contributed by atoms with Crippen molar-refractivity contribution < 1.29 is 23.1 Å². The van der Waals surface area contributed by atoms with E-state index in [9.17, 15) is 18.0 Å². The zero-order valence-electron chi connectivity index (χ0n) is 12.6. The van der Waals surface area contributed by atoms with Crippen LogP contribution in [-0.4, -0.2) is 37.3 Å². The number of benzene rings is 1. The first-order chi connectivity index (χ1) is 11.3. The van der Waals surface area contributed by atoms with Gasteiger partial charge in [-0.2, -0.15) is 13.2 Å². The second-order valence-electron chi connectivity index (χ2n) is 5.64. The van der Waals surface area contributed by atoms with Gasteiger partial charge in [0.15, 0.2) is 0 Å². The third-order valence-corrected chi connectivity index (χ3v) is 3.94. The van der Waals surface area contributed by atoms with E-state index in [2.05, 4.69) is 10.2 Å². The Hall–Kier alpha value is -2.42. The van der Waals surface area contributed by atoms with Crippen LogP contribution in [0.5, 0.6) is 0 Å². The van der Waals surface area contributed by atoms with Crippen LogP contribution in [-0.2, 0) is 37.0 Å². The Morgan fingerprint density at radius 1 is 1.17 bits per heavy atom. The largest absolute Gasteiger partial charge is 0.481 e. The van der Waals surface area contributed by atoms with Crippen LogP contribution in [0.1, 0.15) is 22.8 Å². The van der Waals surface area contributed by atoms with Gasteiger partial charge in [0.25, 0.3) is 0 Å². The first kappa shape index (κ1) is 16.4. The lowest BCUT2D eigenvalue weighted by Crippen LogP contribution is -2.35. The molecule has 0 bridgehead atoms. The summed E-state index contributed by atoms with van der Waals surface area (Å²) in [6.07, 6.45) is -4.60. The van der Waals surface area contributed by atoms with E-state index >= 15 is 0 Å². The number of alkyl halides is 3. The third kappa shape index (κ3) is 3.40. The molecule has 1 N–H and O–H groups in total. The Morgan fingerprint density at radius 3 is 2.54 bits per heavy atom. The number of aromatic nitrogens is 3. The Labute approximate surface area is 135 Å². The van der Waals surface area contributed by atoms with Gasteiger partial charge < -0.3 is 9.67 Å². The van der Waals surface area contributed by atoms with E-state index in [4.69, 9.17) is 5.11 Å². The van der Waals surface area contributed by atoms with E-state index in [-0.39, 0.29) is 25.3 Å². The zero-order valence-corrected chi connectivity index (χ0v) is 12.6. The summed E-state index contributed by atoms with van der Waals surface area (Å²) in [6, 6.07) is 7.16. The van der Waals surface area contributed by atoms with Crippen LogP contribution < -0.4 is 0 Å². The average molecular weight is 340 g/mol. The van der Waals surface area contributed by atoms with Gasteiger partial charge in [-0.05, 0) is 11.1 Å². The molecule has 1 aliphatic heterocycles. The van der Waals surface area contributed by atoms with E-state index in [0.29, 0.717) is 18.7 Å². The van der Waals surface area contributed by atoms with Crippen LogP contribution in [0.25, 0.3) is 0 Å². The summed E-state index contributed by atoms with van der Waals surface area (Å²) in [7, 11) is 0. The van der Waals surface area contributed by atoms with Crippen LogP contribution in [0.3, 0.4) is 0 Å². The van der Waals surface area contributed by atoms with Crippen LogP contribution in [0, 0.1) is 0 Å². The maximum Gasteiger partial charge on any atom is 0.451 e. The number of carboxylic acid groups (broad SMARTS) is 1. The first-order valence-corrected chi connectivity index (χ1v) is 7.35. The van der Waals surface area contributed by atoms with Gasteiger partial charge in [0.05, 0.1) is 13.0 Å². The summed E-state index contributed by atoms with van der Waals surface area (Å²) >= 11 is 0. The Morgan fingerprint density at radius 2 is 1.88 bits per heavy atom. The van der Waals surface area contributed by atoms with Crippen molar-refractivity contribution >= 4 is 5.97 Å². The van der Waals surface area contributed by atoms with Gasteiger partial charge in [-0.15, -0.1) is 10.2 Å². The van der Waals surface area contributed by atoms with E-state index in [1.54, 1.807) is 12.1 Å². The molecule has 3 rings (SSSR count). The van der Waals surface area contributed by atoms with Crippen molar-refractivity contribution in [3.63, 3.8) is 0 Å². The van der Waals surface area contributed by atoms with Gasteiger partial charge >= 0.3 is 12.1 Å². The molecule has 9 heteroatoms. The third-order valence-electron chi connectivity index (χ3n) is 3.94. The van der Waals surface area contributed by atoms with Crippen molar-refractivity contribution in [3.05, 3.63) is 47.0 Å². The van der Waals surface area contributed by atoms with E-state index in [1.807, 2.05) is 17.0 Å². The standard InChI is InChI=1S/C15H15F3N4O2/c16-15(17,18)14-20-19-12-9-21(5-6-22(12)14)8-11-4-2-1-3-10(11)7-13(23)24/h1-4H,5-9H2,(H,23,24).